The van der Waals surface area contributed by atoms with Gasteiger partial charge in [0.25, 0.3) is 11.8 Å². The second-order valence-corrected chi connectivity index (χ2v) is 7.07. The minimum Gasteiger partial charge on any atom is -0.495 e. The fraction of sp³-hybridized carbons (Fsp3) is 0.304. The number of carbonyl (C=O) groups is 4. The second-order valence-electron chi connectivity index (χ2n) is 7.07. The van der Waals surface area contributed by atoms with E-state index in [1.54, 1.807) is 55.5 Å². The van der Waals surface area contributed by atoms with Crippen LogP contribution in [0.5, 0.6) is 5.75 Å². The van der Waals surface area contributed by atoms with Crippen LogP contribution in [0.2, 0.25) is 0 Å². The van der Waals surface area contributed by atoms with Crippen molar-refractivity contribution < 1.29 is 23.9 Å². The summed E-state index contributed by atoms with van der Waals surface area (Å²) in [5.74, 6) is -0.686. The Morgan fingerprint density at radius 1 is 1.00 bits per heavy atom. The number of imide groups is 1. The van der Waals surface area contributed by atoms with Crippen LogP contribution >= 0.6 is 0 Å². The molecule has 1 N–H and O–H groups in total. The number of methoxy groups -OCH3 is 1. The lowest BCUT2D eigenvalue weighted by Gasteiger charge is -2.21. The molecule has 8 heteroatoms. The monoisotopic (exact) mass is 423 g/mol. The molecule has 1 heterocycles. The minimum atomic E-state index is -0.336. The third kappa shape index (κ3) is 4.91. The second kappa shape index (κ2) is 9.88. The normalized spacial score (nSPS) is 12.5. The van der Waals surface area contributed by atoms with Crippen LogP contribution in [-0.2, 0) is 9.59 Å². The average molecular weight is 423 g/mol. The van der Waals surface area contributed by atoms with E-state index in [9.17, 15) is 19.2 Å². The van der Waals surface area contributed by atoms with Gasteiger partial charge in [-0.05, 0) is 37.6 Å². The van der Waals surface area contributed by atoms with E-state index in [1.807, 2.05) is 0 Å². The van der Waals surface area contributed by atoms with Crippen LogP contribution in [0.25, 0.3) is 0 Å². The Hall–Kier alpha value is -3.68. The summed E-state index contributed by atoms with van der Waals surface area (Å²) in [6, 6.07) is 13.7. The number of nitrogens with zero attached hydrogens (tertiary/aromatic N) is 2. The van der Waals surface area contributed by atoms with Gasteiger partial charge in [0.1, 0.15) is 5.75 Å². The van der Waals surface area contributed by atoms with Gasteiger partial charge in [0.2, 0.25) is 11.8 Å². The van der Waals surface area contributed by atoms with Gasteiger partial charge in [-0.1, -0.05) is 24.3 Å². The van der Waals surface area contributed by atoms with Crippen LogP contribution < -0.4 is 10.1 Å². The predicted octanol–water partition coefficient (Wildman–Crippen LogP) is 2.56. The fourth-order valence-corrected chi connectivity index (χ4v) is 3.48. The molecule has 0 fully saturated rings. The van der Waals surface area contributed by atoms with Crippen molar-refractivity contribution in [1.82, 2.24) is 9.80 Å². The Bertz CT molecular complexity index is 969. The maximum absolute atomic E-state index is 12.6. The minimum absolute atomic E-state index is 0.0968. The maximum Gasteiger partial charge on any atom is 0.261 e. The first-order valence-electron chi connectivity index (χ1n) is 10.1. The van der Waals surface area contributed by atoms with E-state index in [-0.39, 0.29) is 43.1 Å². The molecule has 0 saturated heterocycles. The molecule has 2 aromatic rings. The van der Waals surface area contributed by atoms with Crippen molar-refractivity contribution in [2.45, 2.75) is 19.8 Å². The molecule has 3 rings (SSSR count). The molecule has 0 unspecified atom stereocenters. The SMILES string of the molecule is CCN(CC(=O)Nc1ccccc1OC)C(=O)CCCN1C(=O)c2ccccc2C1=O. The van der Waals surface area contributed by atoms with Crippen molar-refractivity contribution >= 4 is 29.3 Å². The maximum atomic E-state index is 12.6. The topological polar surface area (TPSA) is 96.0 Å². The quantitative estimate of drug-likeness (QED) is 0.626. The van der Waals surface area contributed by atoms with E-state index >= 15 is 0 Å². The molecular formula is C23H25N3O5. The van der Waals surface area contributed by atoms with Gasteiger partial charge in [-0.15, -0.1) is 0 Å². The summed E-state index contributed by atoms with van der Waals surface area (Å²) in [5, 5.41) is 2.75. The van der Waals surface area contributed by atoms with E-state index in [4.69, 9.17) is 4.74 Å². The van der Waals surface area contributed by atoms with Gasteiger partial charge in [0.05, 0.1) is 30.5 Å². The van der Waals surface area contributed by atoms with Crippen molar-refractivity contribution in [1.29, 1.82) is 0 Å². The van der Waals surface area contributed by atoms with Crippen molar-refractivity contribution in [2.75, 3.05) is 32.1 Å². The average Bonchev–Trinajstić information content (AvgIpc) is 3.02. The molecule has 0 atom stereocenters. The summed E-state index contributed by atoms with van der Waals surface area (Å²) >= 11 is 0. The number of hydrogen-bond donors (Lipinski definition) is 1. The lowest BCUT2D eigenvalue weighted by Crippen LogP contribution is -2.38. The van der Waals surface area contributed by atoms with Crippen molar-refractivity contribution in [2.24, 2.45) is 0 Å². The van der Waals surface area contributed by atoms with Gasteiger partial charge >= 0.3 is 0 Å². The molecule has 0 spiro atoms. The van der Waals surface area contributed by atoms with Gasteiger partial charge in [-0.25, -0.2) is 0 Å². The highest BCUT2D eigenvalue weighted by molar-refractivity contribution is 6.21. The van der Waals surface area contributed by atoms with E-state index in [0.717, 1.165) is 0 Å². The molecule has 0 aliphatic carbocycles. The Kier molecular flexibility index (Phi) is 7.02. The van der Waals surface area contributed by atoms with Gasteiger partial charge in [0, 0.05) is 19.5 Å². The lowest BCUT2D eigenvalue weighted by molar-refractivity contribution is -0.134. The smallest absolute Gasteiger partial charge is 0.261 e. The van der Waals surface area contributed by atoms with Crippen LogP contribution in [0.4, 0.5) is 5.69 Å². The Morgan fingerprint density at radius 2 is 1.61 bits per heavy atom. The molecule has 1 aliphatic rings. The third-order valence-electron chi connectivity index (χ3n) is 5.10. The summed E-state index contributed by atoms with van der Waals surface area (Å²) in [5.41, 5.74) is 1.31. The number of likely N-dealkylation sites (N-methyl/N-ethyl adjacent to an activating group) is 1. The Morgan fingerprint density at radius 3 is 2.23 bits per heavy atom. The van der Waals surface area contributed by atoms with Crippen molar-refractivity contribution in [3.63, 3.8) is 0 Å². The zero-order chi connectivity index (χ0) is 22.4. The molecule has 0 aromatic heterocycles. The molecule has 4 amide bonds. The summed E-state index contributed by atoms with van der Waals surface area (Å²) in [7, 11) is 1.52. The summed E-state index contributed by atoms with van der Waals surface area (Å²) in [6.45, 7) is 2.22. The molecular weight excluding hydrogens is 398 g/mol. The fourth-order valence-electron chi connectivity index (χ4n) is 3.48. The number of carbonyl (C=O) groups excluding carboxylic acids is 4. The van der Waals surface area contributed by atoms with Crippen LogP contribution in [-0.4, -0.2) is 60.2 Å². The molecule has 8 nitrogen and oxygen atoms in total. The molecule has 0 saturated carbocycles. The molecule has 162 valence electrons. The first-order valence-corrected chi connectivity index (χ1v) is 10.1. The number of para-hydroxylation sites is 2. The highest BCUT2D eigenvalue weighted by Gasteiger charge is 2.34. The van der Waals surface area contributed by atoms with Gasteiger partial charge in [-0.2, -0.15) is 0 Å². The molecule has 31 heavy (non-hydrogen) atoms. The van der Waals surface area contributed by atoms with Gasteiger partial charge in [-0.3, -0.25) is 24.1 Å². The first kappa shape index (κ1) is 22.0. The number of anilines is 1. The number of benzene rings is 2. The Balaban J connectivity index is 1.51. The highest BCUT2D eigenvalue weighted by Crippen LogP contribution is 2.24. The summed E-state index contributed by atoms with van der Waals surface area (Å²) in [4.78, 5) is 52.4. The number of amides is 4. The zero-order valence-corrected chi connectivity index (χ0v) is 17.6. The van der Waals surface area contributed by atoms with Gasteiger partial charge in [0.15, 0.2) is 0 Å². The van der Waals surface area contributed by atoms with E-state index in [1.165, 1.54) is 16.9 Å². The van der Waals surface area contributed by atoms with E-state index < -0.39 is 0 Å². The molecule has 1 aliphatic heterocycles. The number of rotatable bonds is 9. The largest absolute Gasteiger partial charge is 0.495 e. The van der Waals surface area contributed by atoms with Crippen LogP contribution in [0, 0.1) is 0 Å². The third-order valence-corrected chi connectivity index (χ3v) is 5.10. The molecule has 0 radical (unpaired) electrons. The van der Waals surface area contributed by atoms with Crippen molar-refractivity contribution in [3.8, 4) is 5.75 Å². The van der Waals surface area contributed by atoms with Crippen LogP contribution in [0.15, 0.2) is 48.5 Å². The van der Waals surface area contributed by atoms with Crippen LogP contribution in [0.3, 0.4) is 0 Å². The lowest BCUT2D eigenvalue weighted by atomic mass is 10.1. The number of hydrogen-bond acceptors (Lipinski definition) is 5. The van der Waals surface area contributed by atoms with Gasteiger partial charge < -0.3 is 15.0 Å². The Labute approximate surface area is 180 Å². The van der Waals surface area contributed by atoms with Crippen molar-refractivity contribution in [3.05, 3.63) is 59.7 Å². The first-order chi connectivity index (χ1) is 15.0. The predicted molar refractivity (Wildman–Crippen MR) is 115 cm³/mol. The number of nitrogens with one attached hydrogen (secondary N) is 1. The molecule has 2 aromatic carbocycles. The molecule has 0 bridgehead atoms. The summed E-state index contributed by atoms with van der Waals surface area (Å²) in [6.07, 6.45) is 0.456. The zero-order valence-electron chi connectivity index (χ0n) is 17.6. The van der Waals surface area contributed by atoms with E-state index in [0.29, 0.717) is 35.5 Å². The highest BCUT2D eigenvalue weighted by atomic mass is 16.5. The van der Waals surface area contributed by atoms with Crippen LogP contribution in [0.1, 0.15) is 40.5 Å². The number of fused-ring (bicyclic) bond motifs is 1. The standard InChI is InChI=1S/C23H25N3O5/c1-3-25(15-20(27)24-18-11-6-7-12-19(18)31-2)21(28)13-8-14-26-22(29)16-9-4-5-10-17(16)23(26)30/h4-7,9-12H,3,8,13-15H2,1-2H3,(H,24,27). The summed E-state index contributed by atoms with van der Waals surface area (Å²) < 4.78 is 5.21. The van der Waals surface area contributed by atoms with E-state index in [2.05, 4.69) is 5.32 Å². The number of ether oxygens (including phenoxy) is 1.